The van der Waals surface area contributed by atoms with E-state index in [1.165, 1.54) is 16.6 Å². The van der Waals surface area contributed by atoms with Crippen molar-refractivity contribution in [3.63, 3.8) is 0 Å². The van der Waals surface area contributed by atoms with E-state index in [2.05, 4.69) is 20.8 Å². The zero-order valence-corrected chi connectivity index (χ0v) is 10.1. The molecule has 1 aromatic rings. The predicted molar refractivity (Wildman–Crippen MR) is 60.7 cm³/mol. The van der Waals surface area contributed by atoms with Crippen LogP contribution in [0.1, 0.15) is 25.6 Å². The van der Waals surface area contributed by atoms with Crippen LogP contribution in [0.3, 0.4) is 0 Å². The fourth-order valence-corrected chi connectivity index (χ4v) is 2.77. The summed E-state index contributed by atoms with van der Waals surface area (Å²) in [6.07, 6.45) is 0. The number of hydrogen-bond donors (Lipinski definition) is 0. The van der Waals surface area contributed by atoms with Crippen LogP contribution in [0.15, 0.2) is 16.3 Å². The average Bonchev–Trinajstić information content (AvgIpc) is 2.47. The van der Waals surface area contributed by atoms with Crippen LogP contribution in [-0.4, -0.2) is 10.8 Å². The largest absolute Gasteiger partial charge is 0.264 e. The molecule has 5 heteroatoms. The van der Waals surface area contributed by atoms with E-state index in [0.29, 0.717) is 0 Å². The van der Waals surface area contributed by atoms with Crippen molar-refractivity contribution in [2.75, 3.05) is 5.88 Å². The van der Waals surface area contributed by atoms with Gasteiger partial charge in [0.2, 0.25) is 0 Å². The molecule has 1 aromatic heterocycles. The lowest BCUT2D eigenvalue weighted by Gasteiger charge is -2.15. The first kappa shape index (κ1) is 11.5. The highest BCUT2D eigenvalue weighted by Crippen LogP contribution is 2.34. The number of hydrogen-bond acceptors (Lipinski definition) is 4. The number of thioether (sulfide) groups is 1. The van der Waals surface area contributed by atoms with Gasteiger partial charge in [0.05, 0.1) is 4.21 Å². The second kappa shape index (κ2) is 4.31. The zero-order valence-electron chi connectivity index (χ0n) is 8.44. The molecule has 0 aliphatic rings. The molecule has 0 saturated carbocycles. The SMILES string of the molecule is CC(C)(C)c1ccc(SC[N+](=O)[O-])s1. The topological polar surface area (TPSA) is 43.1 Å². The molecule has 0 aliphatic carbocycles. The van der Waals surface area contributed by atoms with Crippen LogP contribution in [0.25, 0.3) is 0 Å². The van der Waals surface area contributed by atoms with Crippen molar-refractivity contribution in [2.45, 2.75) is 30.4 Å². The molecule has 0 radical (unpaired) electrons. The molecule has 1 rings (SSSR count). The molecule has 1 heterocycles. The van der Waals surface area contributed by atoms with Crippen molar-refractivity contribution in [1.82, 2.24) is 0 Å². The van der Waals surface area contributed by atoms with Crippen molar-refractivity contribution in [3.8, 4) is 0 Å². The summed E-state index contributed by atoms with van der Waals surface area (Å²) < 4.78 is 1.02. The Balaban J connectivity index is 2.64. The van der Waals surface area contributed by atoms with Gasteiger partial charge in [-0.25, -0.2) is 0 Å². The minimum Gasteiger partial charge on any atom is -0.264 e. The van der Waals surface area contributed by atoms with E-state index in [4.69, 9.17) is 0 Å². The van der Waals surface area contributed by atoms with E-state index in [-0.39, 0.29) is 16.2 Å². The quantitative estimate of drug-likeness (QED) is 0.347. The maximum Gasteiger partial charge on any atom is 0.254 e. The van der Waals surface area contributed by atoms with Crippen LogP contribution in [0, 0.1) is 10.1 Å². The average molecular weight is 231 g/mol. The summed E-state index contributed by atoms with van der Waals surface area (Å²) >= 11 is 2.93. The Morgan fingerprint density at radius 2 is 2.14 bits per heavy atom. The third-order valence-corrected chi connectivity index (χ3v) is 4.30. The van der Waals surface area contributed by atoms with Gasteiger partial charge in [-0.2, -0.15) is 0 Å². The molecular formula is C9H13NO2S2. The van der Waals surface area contributed by atoms with Gasteiger partial charge in [-0.15, -0.1) is 11.3 Å². The monoisotopic (exact) mass is 231 g/mol. The Bertz CT molecular complexity index is 328. The van der Waals surface area contributed by atoms with Crippen LogP contribution >= 0.6 is 23.1 Å². The van der Waals surface area contributed by atoms with E-state index < -0.39 is 0 Å². The summed E-state index contributed by atoms with van der Waals surface area (Å²) in [5.41, 5.74) is 0.137. The minimum absolute atomic E-state index is 0.0515. The first-order chi connectivity index (χ1) is 6.39. The fraction of sp³-hybridized carbons (Fsp3) is 0.556. The predicted octanol–water partition coefficient (Wildman–Crippen LogP) is 3.37. The second-order valence-electron chi connectivity index (χ2n) is 3.97. The van der Waals surface area contributed by atoms with Gasteiger partial charge < -0.3 is 0 Å². The maximum absolute atomic E-state index is 10.2. The van der Waals surface area contributed by atoms with Crippen molar-refractivity contribution >= 4 is 23.1 Å². The lowest BCUT2D eigenvalue weighted by Crippen LogP contribution is -2.07. The lowest BCUT2D eigenvalue weighted by molar-refractivity contribution is -0.456. The first-order valence-electron chi connectivity index (χ1n) is 4.24. The molecule has 0 aliphatic heterocycles. The number of nitro groups is 1. The summed E-state index contributed by atoms with van der Waals surface area (Å²) in [6.45, 7) is 6.42. The number of nitrogens with zero attached hydrogens (tertiary/aromatic N) is 1. The van der Waals surface area contributed by atoms with Gasteiger partial charge in [-0.3, -0.25) is 10.1 Å². The third kappa shape index (κ3) is 3.31. The van der Waals surface area contributed by atoms with Gasteiger partial charge in [0.15, 0.2) is 0 Å². The van der Waals surface area contributed by atoms with Gasteiger partial charge in [0, 0.05) is 9.80 Å². The van der Waals surface area contributed by atoms with Crippen LogP contribution in [0.2, 0.25) is 0 Å². The van der Waals surface area contributed by atoms with Crippen LogP contribution < -0.4 is 0 Å². The Labute approximate surface area is 91.7 Å². The van der Waals surface area contributed by atoms with Gasteiger partial charge in [0.25, 0.3) is 5.88 Å². The fourth-order valence-electron chi connectivity index (χ4n) is 0.917. The molecule has 0 saturated heterocycles. The maximum atomic E-state index is 10.2. The normalized spacial score (nSPS) is 11.6. The van der Waals surface area contributed by atoms with Crippen molar-refractivity contribution in [3.05, 3.63) is 27.1 Å². The smallest absolute Gasteiger partial charge is 0.254 e. The summed E-state index contributed by atoms with van der Waals surface area (Å²) in [6, 6.07) is 4.01. The van der Waals surface area contributed by atoms with E-state index in [0.717, 1.165) is 4.21 Å². The van der Waals surface area contributed by atoms with E-state index >= 15 is 0 Å². The number of thiophene rings is 1. The molecule has 0 N–H and O–H groups in total. The molecule has 78 valence electrons. The Hall–Kier alpha value is -0.550. The zero-order chi connectivity index (χ0) is 10.8. The van der Waals surface area contributed by atoms with Crippen LogP contribution in [0.5, 0.6) is 0 Å². The van der Waals surface area contributed by atoms with Gasteiger partial charge in [-0.05, 0) is 29.3 Å². The standard InChI is InChI=1S/C9H13NO2S2/c1-9(2,3)7-4-5-8(14-7)13-6-10(11)12/h4-5H,6H2,1-3H3. The van der Waals surface area contributed by atoms with E-state index in [1.807, 2.05) is 12.1 Å². The minimum atomic E-state index is -0.304. The summed E-state index contributed by atoms with van der Waals surface area (Å²) in [5.74, 6) is -0.0515. The van der Waals surface area contributed by atoms with E-state index in [1.54, 1.807) is 11.3 Å². The summed E-state index contributed by atoms with van der Waals surface area (Å²) in [7, 11) is 0. The third-order valence-electron chi connectivity index (χ3n) is 1.63. The highest BCUT2D eigenvalue weighted by atomic mass is 32.2. The number of rotatable bonds is 3. The molecule has 0 unspecified atom stereocenters. The van der Waals surface area contributed by atoms with Gasteiger partial charge in [0.1, 0.15) is 0 Å². The molecule has 0 fully saturated rings. The first-order valence-corrected chi connectivity index (χ1v) is 6.05. The second-order valence-corrected chi connectivity index (χ2v) is 6.30. The highest BCUT2D eigenvalue weighted by molar-refractivity contribution is 8.00. The lowest BCUT2D eigenvalue weighted by atomic mass is 9.95. The van der Waals surface area contributed by atoms with Crippen molar-refractivity contribution in [2.24, 2.45) is 0 Å². The summed E-state index contributed by atoms with van der Waals surface area (Å²) in [4.78, 5) is 11.1. The van der Waals surface area contributed by atoms with Crippen molar-refractivity contribution < 1.29 is 4.92 Å². The van der Waals surface area contributed by atoms with Crippen molar-refractivity contribution in [1.29, 1.82) is 0 Å². The Morgan fingerprint density at radius 1 is 1.50 bits per heavy atom. The van der Waals surface area contributed by atoms with Crippen LogP contribution in [-0.2, 0) is 5.41 Å². The molecular weight excluding hydrogens is 218 g/mol. The summed E-state index contributed by atoms with van der Waals surface area (Å²) in [5, 5.41) is 10.2. The molecule has 0 bridgehead atoms. The van der Waals surface area contributed by atoms with E-state index in [9.17, 15) is 10.1 Å². The Morgan fingerprint density at radius 3 is 2.57 bits per heavy atom. The molecule has 0 amide bonds. The van der Waals surface area contributed by atoms with Crippen LogP contribution in [0.4, 0.5) is 0 Å². The molecule has 0 aromatic carbocycles. The van der Waals surface area contributed by atoms with Gasteiger partial charge >= 0.3 is 0 Å². The Kier molecular flexibility index (Phi) is 3.55. The molecule has 14 heavy (non-hydrogen) atoms. The highest BCUT2D eigenvalue weighted by Gasteiger charge is 2.16. The van der Waals surface area contributed by atoms with Gasteiger partial charge in [-0.1, -0.05) is 20.8 Å². The molecule has 0 spiro atoms. The molecule has 0 atom stereocenters. The molecule has 3 nitrogen and oxygen atoms in total.